The van der Waals surface area contributed by atoms with Crippen LogP contribution in [0.2, 0.25) is 0 Å². The second-order valence-electron chi connectivity index (χ2n) is 12.5. The molecule has 3 N–H and O–H groups in total. The van der Waals surface area contributed by atoms with Gasteiger partial charge in [0.05, 0.1) is 22.7 Å². The third kappa shape index (κ3) is 6.64. The van der Waals surface area contributed by atoms with Gasteiger partial charge >= 0.3 is 0 Å². The minimum Gasteiger partial charge on any atom is -0.325 e. The third-order valence-corrected chi connectivity index (χ3v) is 13.0. The number of carbonyl (C=O) groups excluding carboxylic acids is 2. The molecule has 0 radical (unpaired) electrons. The average Bonchev–Trinajstić information content (AvgIpc) is 3.60. The quantitative estimate of drug-likeness (QED) is 0.286. The van der Waals surface area contributed by atoms with Gasteiger partial charge in [0.15, 0.2) is 6.17 Å². The smallest absolute Gasteiger partial charge is 0.266 e. The van der Waals surface area contributed by atoms with Crippen molar-refractivity contribution in [3.05, 3.63) is 105 Å². The van der Waals surface area contributed by atoms with Crippen LogP contribution in [0.5, 0.6) is 0 Å². The molecule has 9 nitrogen and oxygen atoms in total. The summed E-state index contributed by atoms with van der Waals surface area (Å²) in [5.41, 5.74) is 6.12. The van der Waals surface area contributed by atoms with Crippen LogP contribution in [-0.2, 0) is 32.5 Å². The van der Waals surface area contributed by atoms with Crippen molar-refractivity contribution < 1.29 is 18.0 Å². The first kappa shape index (κ1) is 32.1. The Morgan fingerprint density at radius 2 is 1.72 bits per heavy atom. The van der Waals surface area contributed by atoms with Crippen LogP contribution >= 0.6 is 23.4 Å². The van der Waals surface area contributed by atoms with Crippen LogP contribution in [0.15, 0.2) is 88.1 Å². The monoisotopic (exact) mass is 689 g/mol. The van der Waals surface area contributed by atoms with Gasteiger partial charge in [-0.05, 0) is 73.3 Å². The van der Waals surface area contributed by atoms with Crippen molar-refractivity contribution in [3.63, 3.8) is 0 Å². The van der Waals surface area contributed by atoms with Crippen molar-refractivity contribution in [1.82, 2.24) is 10.0 Å². The van der Waals surface area contributed by atoms with Gasteiger partial charge in [0.1, 0.15) is 4.24 Å². The highest BCUT2D eigenvalue weighted by molar-refractivity contribution is 8.19. The Labute approximate surface area is 284 Å². The molecular weight excluding hydrogens is 654 g/mol. The minimum absolute atomic E-state index is 0.116. The lowest BCUT2D eigenvalue weighted by molar-refractivity contribution is -0.120. The number of likely N-dealkylation sites (N-methyl/N-ethyl adjacent to an activating group) is 1. The topological polar surface area (TPSA) is 120 Å². The number of nitrogens with zero attached hydrogens (tertiary/aromatic N) is 2. The number of para-hydroxylation sites is 1. The van der Waals surface area contributed by atoms with Crippen molar-refractivity contribution in [3.8, 4) is 0 Å². The Bertz CT molecular complexity index is 1880. The molecule has 47 heavy (non-hydrogen) atoms. The molecule has 2 heterocycles. The van der Waals surface area contributed by atoms with Crippen molar-refractivity contribution >= 4 is 62.3 Å². The lowest BCUT2D eigenvalue weighted by atomic mass is 9.93. The van der Waals surface area contributed by atoms with E-state index < -0.39 is 16.2 Å². The van der Waals surface area contributed by atoms with Crippen LogP contribution in [0.1, 0.15) is 41.5 Å². The molecule has 12 heteroatoms. The van der Waals surface area contributed by atoms with Crippen LogP contribution in [0.4, 0.5) is 11.4 Å². The van der Waals surface area contributed by atoms with Gasteiger partial charge < -0.3 is 10.2 Å². The van der Waals surface area contributed by atoms with E-state index in [4.69, 9.17) is 16.6 Å². The number of aliphatic imine (C=N–C) groups is 1. The number of amides is 2. The number of anilines is 2. The number of benzodiazepines with no additional fused rings is 1. The third-order valence-electron chi connectivity index (χ3n) is 9.49. The molecule has 244 valence electrons. The SMILES string of the molecule is CN1C(=O)[C@@H](NCC(=O)Nc2ccc3c(c2)CC2CCC(C3)C2NS(=O)(=O)C2=CCC(Cl)S2)N=C(c2ccccc2)c2ccccc21. The normalized spacial score (nSPS) is 25.3. The van der Waals surface area contributed by atoms with E-state index >= 15 is 0 Å². The maximum atomic E-state index is 13.5. The predicted molar refractivity (Wildman–Crippen MR) is 188 cm³/mol. The second kappa shape index (κ2) is 13.2. The first-order valence-electron chi connectivity index (χ1n) is 15.8. The second-order valence-corrected chi connectivity index (χ2v) is 16.5. The number of alkyl halides is 1. The fourth-order valence-electron chi connectivity index (χ4n) is 7.18. The summed E-state index contributed by atoms with van der Waals surface area (Å²) in [6, 6.07) is 23.1. The zero-order valence-electron chi connectivity index (χ0n) is 25.9. The van der Waals surface area contributed by atoms with Crippen LogP contribution in [0.25, 0.3) is 0 Å². The highest BCUT2D eigenvalue weighted by atomic mass is 35.5. The number of allylic oxidation sites excluding steroid dienone is 1. The highest BCUT2D eigenvalue weighted by Crippen LogP contribution is 2.43. The van der Waals surface area contributed by atoms with E-state index in [1.165, 1.54) is 17.3 Å². The number of hydrogen-bond donors (Lipinski definition) is 3. The standard InChI is InChI=1S/C35H36ClN5O4S2/c1-41-28-10-6-5-9-27(28)33(21-7-3-2-4-8-21)39-34(35(41)43)37-20-30(42)38-26-14-13-22-17-23-11-12-24(18-25(22)19-26)32(23)40-47(44,45)31-16-15-29(36)46-31/h2-10,13-14,16,19,23-24,29,32,34,37,40H,11-12,15,17-18,20H2,1H3,(H,38,42)/t23?,24?,29?,32?,34-/m0/s1. The van der Waals surface area contributed by atoms with Crippen LogP contribution in [-0.4, -0.2) is 56.5 Å². The van der Waals surface area contributed by atoms with E-state index in [1.807, 2.05) is 72.8 Å². The number of thioether (sulfide) groups is 1. The summed E-state index contributed by atoms with van der Waals surface area (Å²) in [6.07, 6.45) is 4.72. The van der Waals surface area contributed by atoms with Gasteiger partial charge in [-0.15, -0.1) is 11.6 Å². The minimum atomic E-state index is -3.62. The molecule has 1 saturated carbocycles. The van der Waals surface area contributed by atoms with E-state index in [2.05, 4.69) is 15.4 Å². The van der Waals surface area contributed by atoms with Crippen LogP contribution in [0, 0.1) is 11.8 Å². The molecule has 3 aromatic carbocycles. The molecule has 0 saturated heterocycles. The van der Waals surface area contributed by atoms with Crippen molar-refractivity contribution in [2.45, 2.75) is 49.0 Å². The molecule has 2 aliphatic carbocycles. The molecule has 0 spiro atoms. The van der Waals surface area contributed by atoms with E-state index in [0.717, 1.165) is 48.1 Å². The molecule has 3 aromatic rings. The number of sulfonamides is 1. The summed E-state index contributed by atoms with van der Waals surface area (Å²) in [7, 11) is -1.90. The number of hydrogen-bond acceptors (Lipinski definition) is 7. The summed E-state index contributed by atoms with van der Waals surface area (Å²) in [6.45, 7) is -0.116. The van der Waals surface area contributed by atoms with E-state index in [1.54, 1.807) is 18.0 Å². The Morgan fingerprint density at radius 3 is 2.47 bits per heavy atom. The van der Waals surface area contributed by atoms with Crippen molar-refractivity contribution in [2.75, 3.05) is 23.8 Å². The van der Waals surface area contributed by atoms with Crippen LogP contribution in [0.3, 0.4) is 0 Å². The molecule has 2 aliphatic heterocycles. The summed E-state index contributed by atoms with van der Waals surface area (Å²) in [5.74, 6) is -0.172. The molecule has 1 fully saturated rings. The van der Waals surface area contributed by atoms with E-state index in [0.29, 0.717) is 22.1 Å². The number of carbonyl (C=O) groups is 2. The molecular formula is C35H36ClN5O4S2. The molecule has 4 aliphatic rings. The van der Waals surface area contributed by atoms with Crippen molar-refractivity contribution in [2.24, 2.45) is 16.8 Å². The fraction of sp³-hybridized carbons (Fsp3) is 0.343. The Hall–Kier alpha value is -3.48. The maximum absolute atomic E-state index is 13.5. The Morgan fingerprint density at radius 1 is 1.00 bits per heavy atom. The summed E-state index contributed by atoms with van der Waals surface area (Å²) >= 11 is 7.35. The summed E-state index contributed by atoms with van der Waals surface area (Å²) in [4.78, 5) is 33.1. The van der Waals surface area contributed by atoms with Gasteiger partial charge in [-0.3, -0.25) is 19.9 Å². The zero-order valence-corrected chi connectivity index (χ0v) is 28.2. The Balaban J connectivity index is 1.03. The lowest BCUT2D eigenvalue weighted by Gasteiger charge is -2.23. The summed E-state index contributed by atoms with van der Waals surface area (Å²) < 4.78 is 29.4. The van der Waals surface area contributed by atoms with Gasteiger partial charge in [0.25, 0.3) is 5.91 Å². The fourth-order valence-corrected chi connectivity index (χ4v) is 10.5. The molecule has 2 amide bonds. The number of halogens is 1. The van der Waals surface area contributed by atoms with E-state index in [9.17, 15) is 18.0 Å². The number of rotatable bonds is 8. The number of fused-ring (bicyclic) bond motifs is 4. The first-order valence-corrected chi connectivity index (χ1v) is 18.6. The molecule has 2 bridgehead atoms. The zero-order chi connectivity index (χ0) is 32.7. The molecule has 7 rings (SSSR count). The number of benzene rings is 3. The van der Waals surface area contributed by atoms with E-state index in [-0.39, 0.29) is 40.9 Å². The molecule has 5 atom stereocenters. The van der Waals surface area contributed by atoms with Crippen molar-refractivity contribution in [1.29, 1.82) is 0 Å². The van der Waals surface area contributed by atoms with Gasteiger partial charge in [0.2, 0.25) is 15.9 Å². The maximum Gasteiger partial charge on any atom is 0.266 e. The van der Waals surface area contributed by atoms with Crippen LogP contribution < -0.4 is 20.3 Å². The lowest BCUT2D eigenvalue weighted by Crippen LogP contribution is -2.46. The largest absolute Gasteiger partial charge is 0.325 e. The molecule has 0 aromatic heterocycles. The highest BCUT2D eigenvalue weighted by Gasteiger charge is 2.42. The van der Waals surface area contributed by atoms with Gasteiger partial charge in [0, 0.05) is 29.9 Å². The number of nitrogens with one attached hydrogen (secondary N) is 3. The Kier molecular flexibility index (Phi) is 9.01. The summed E-state index contributed by atoms with van der Waals surface area (Å²) in [5, 5.41) is 6.05. The first-order chi connectivity index (χ1) is 22.7. The van der Waals surface area contributed by atoms with Gasteiger partial charge in [-0.1, -0.05) is 72.4 Å². The van der Waals surface area contributed by atoms with Gasteiger partial charge in [-0.2, -0.15) is 0 Å². The molecule has 4 unspecified atom stereocenters. The average molecular weight is 690 g/mol. The van der Waals surface area contributed by atoms with Gasteiger partial charge in [-0.25, -0.2) is 13.1 Å². The predicted octanol–water partition coefficient (Wildman–Crippen LogP) is 5.01.